The Balaban J connectivity index is 2.30. The van der Waals surface area contributed by atoms with Crippen molar-refractivity contribution in [3.05, 3.63) is 23.8 Å². The molecular formula is C15H20O4. The molecule has 1 aliphatic heterocycles. The first-order valence-corrected chi connectivity index (χ1v) is 6.68. The van der Waals surface area contributed by atoms with Gasteiger partial charge in [-0.15, -0.1) is 0 Å². The average Bonchev–Trinajstić information content (AvgIpc) is 2.62. The number of carbonyl (C=O) groups is 2. The van der Waals surface area contributed by atoms with Crippen LogP contribution in [0, 0.1) is 11.8 Å². The van der Waals surface area contributed by atoms with Crippen molar-refractivity contribution in [3.8, 4) is 0 Å². The maximum atomic E-state index is 11.8. The van der Waals surface area contributed by atoms with Gasteiger partial charge in [0, 0.05) is 17.9 Å². The Morgan fingerprint density at radius 2 is 2.05 bits per heavy atom. The van der Waals surface area contributed by atoms with Crippen molar-refractivity contribution in [1.82, 2.24) is 0 Å². The molecule has 0 amide bonds. The summed E-state index contributed by atoms with van der Waals surface area (Å²) in [6, 6.07) is 0. The Hall–Kier alpha value is -1.42. The Labute approximate surface area is 113 Å². The molecule has 0 aromatic rings. The van der Waals surface area contributed by atoms with E-state index in [-0.39, 0.29) is 35.3 Å². The fourth-order valence-electron chi connectivity index (χ4n) is 2.70. The molecule has 2 rings (SSSR count). The van der Waals surface area contributed by atoms with Gasteiger partial charge in [-0.3, -0.25) is 9.59 Å². The normalized spacial score (nSPS) is 39.3. The number of ketones is 1. The lowest BCUT2D eigenvalue weighted by Crippen LogP contribution is -2.28. The van der Waals surface area contributed by atoms with E-state index in [2.05, 4.69) is 6.58 Å². The summed E-state index contributed by atoms with van der Waals surface area (Å²) in [7, 11) is 0. The van der Waals surface area contributed by atoms with Gasteiger partial charge < -0.3 is 9.84 Å². The third-order valence-electron chi connectivity index (χ3n) is 4.14. The first-order chi connectivity index (χ1) is 8.90. The molecular weight excluding hydrogens is 244 g/mol. The second kappa shape index (κ2) is 5.29. The smallest absolute Gasteiger partial charge is 0.309 e. The van der Waals surface area contributed by atoms with Crippen molar-refractivity contribution in [2.45, 2.75) is 45.3 Å². The van der Waals surface area contributed by atoms with Crippen LogP contribution in [0.3, 0.4) is 0 Å². The maximum absolute atomic E-state index is 11.8. The third kappa shape index (κ3) is 2.78. The van der Waals surface area contributed by atoms with Crippen LogP contribution < -0.4 is 0 Å². The summed E-state index contributed by atoms with van der Waals surface area (Å²) in [5.74, 6) is -0.690. The maximum Gasteiger partial charge on any atom is 0.309 e. The standard InChI is InChI=1S/C15H20O4/c1-8-4-5-12(16)10(3)13(17)7-11-9(2)15(18)19-14(11)6-8/h6,9,11,13-14,17H,3-5,7H2,1-2H3/b8-6-/t9-,11-,13-,14+/m0/s1. The fraction of sp³-hybridized carbons (Fsp3) is 0.600. The van der Waals surface area contributed by atoms with Crippen LogP contribution in [0.2, 0.25) is 0 Å². The summed E-state index contributed by atoms with van der Waals surface area (Å²) in [4.78, 5) is 23.5. The van der Waals surface area contributed by atoms with Crippen molar-refractivity contribution < 1.29 is 19.4 Å². The molecule has 0 radical (unpaired) electrons. The van der Waals surface area contributed by atoms with E-state index in [0.29, 0.717) is 19.3 Å². The quantitative estimate of drug-likeness (QED) is 0.411. The summed E-state index contributed by atoms with van der Waals surface area (Å²) >= 11 is 0. The van der Waals surface area contributed by atoms with E-state index in [0.717, 1.165) is 5.57 Å². The second-order valence-corrected chi connectivity index (χ2v) is 5.57. The van der Waals surface area contributed by atoms with E-state index < -0.39 is 6.10 Å². The number of Topliss-reactive ketones (excluding diaryl/α,β-unsaturated/α-hetero) is 1. The Morgan fingerprint density at radius 1 is 1.37 bits per heavy atom. The highest BCUT2D eigenvalue weighted by Gasteiger charge is 2.42. The third-order valence-corrected chi connectivity index (χ3v) is 4.14. The number of hydrogen-bond acceptors (Lipinski definition) is 4. The number of allylic oxidation sites excluding steroid dienone is 1. The average molecular weight is 264 g/mol. The van der Waals surface area contributed by atoms with Gasteiger partial charge >= 0.3 is 5.97 Å². The molecule has 4 nitrogen and oxygen atoms in total. The molecule has 1 heterocycles. The first-order valence-electron chi connectivity index (χ1n) is 6.68. The van der Waals surface area contributed by atoms with Crippen molar-refractivity contribution in [1.29, 1.82) is 0 Å². The molecule has 0 aromatic heterocycles. The lowest BCUT2D eigenvalue weighted by Gasteiger charge is -2.23. The number of carbonyl (C=O) groups excluding carboxylic acids is 2. The predicted molar refractivity (Wildman–Crippen MR) is 70.3 cm³/mol. The Bertz CT molecular complexity index is 449. The number of aliphatic hydroxyl groups excluding tert-OH is 1. The fourth-order valence-corrected chi connectivity index (χ4v) is 2.70. The molecule has 0 aromatic carbocycles. The zero-order valence-corrected chi connectivity index (χ0v) is 11.4. The number of ether oxygens (including phenoxy) is 1. The van der Waals surface area contributed by atoms with Crippen LogP contribution in [0.1, 0.15) is 33.1 Å². The molecule has 4 heteroatoms. The van der Waals surface area contributed by atoms with E-state index in [9.17, 15) is 14.7 Å². The number of fused-ring (bicyclic) bond motifs is 1. The minimum atomic E-state index is -0.885. The molecule has 1 aliphatic carbocycles. The summed E-state index contributed by atoms with van der Waals surface area (Å²) in [6.07, 6.45) is 2.03. The molecule has 19 heavy (non-hydrogen) atoms. The van der Waals surface area contributed by atoms with Crippen LogP contribution in [-0.4, -0.2) is 29.1 Å². The highest BCUT2D eigenvalue weighted by atomic mass is 16.6. The van der Waals surface area contributed by atoms with E-state index in [1.54, 1.807) is 6.92 Å². The predicted octanol–water partition coefficient (Wildman–Crippen LogP) is 1.78. The monoisotopic (exact) mass is 264 g/mol. The van der Waals surface area contributed by atoms with Crippen LogP contribution in [0.4, 0.5) is 0 Å². The summed E-state index contributed by atoms with van der Waals surface area (Å²) in [6.45, 7) is 7.43. The SMILES string of the molecule is C=C1C(=O)CC/C(C)=C\[C@H]2OC(=O)[C@@H](C)[C@@H]2C[C@@H]1O. The van der Waals surface area contributed by atoms with E-state index in [4.69, 9.17) is 4.74 Å². The minimum Gasteiger partial charge on any atom is -0.458 e. The van der Waals surface area contributed by atoms with Gasteiger partial charge in [0.15, 0.2) is 5.78 Å². The van der Waals surface area contributed by atoms with Gasteiger partial charge in [0.25, 0.3) is 0 Å². The van der Waals surface area contributed by atoms with Crippen molar-refractivity contribution >= 4 is 11.8 Å². The molecule has 4 atom stereocenters. The highest BCUT2D eigenvalue weighted by molar-refractivity contribution is 5.95. The molecule has 2 aliphatic rings. The van der Waals surface area contributed by atoms with Gasteiger partial charge in [0.05, 0.1) is 12.0 Å². The zero-order chi connectivity index (χ0) is 14.2. The van der Waals surface area contributed by atoms with E-state index in [1.807, 2.05) is 13.0 Å². The number of hydrogen-bond donors (Lipinski definition) is 1. The van der Waals surface area contributed by atoms with Crippen molar-refractivity contribution in [3.63, 3.8) is 0 Å². The summed E-state index contributed by atoms with van der Waals surface area (Å²) in [5.41, 5.74) is 1.29. The van der Waals surface area contributed by atoms with Crippen molar-refractivity contribution in [2.24, 2.45) is 11.8 Å². The number of rotatable bonds is 0. The number of esters is 1. The van der Waals surface area contributed by atoms with Crippen LogP contribution in [0.5, 0.6) is 0 Å². The largest absolute Gasteiger partial charge is 0.458 e. The van der Waals surface area contributed by atoms with E-state index in [1.165, 1.54) is 0 Å². The molecule has 0 spiro atoms. The molecule has 0 saturated carbocycles. The van der Waals surface area contributed by atoms with Gasteiger partial charge in [-0.25, -0.2) is 0 Å². The molecule has 104 valence electrons. The van der Waals surface area contributed by atoms with Crippen LogP contribution >= 0.6 is 0 Å². The van der Waals surface area contributed by atoms with Crippen LogP contribution in [0.15, 0.2) is 23.8 Å². The van der Waals surface area contributed by atoms with Crippen LogP contribution in [-0.2, 0) is 14.3 Å². The van der Waals surface area contributed by atoms with Gasteiger partial charge in [0.1, 0.15) is 6.10 Å². The second-order valence-electron chi connectivity index (χ2n) is 5.57. The Kier molecular flexibility index (Phi) is 3.90. The minimum absolute atomic E-state index is 0.0971. The molecule has 1 saturated heterocycles. The van der Waals surface area contributed by atoms with Crippen molar-refractivity contribution in [2.75, 3.05) is 0 Å². The van der Waals surface area contributed by atoms with Gasteiger partial charge in [0.2, 0.25) is 0 Å². The summed E-state index contributed by atoms with van der Waals surface area (Å²) < 4.78 is 5.35. The molecule has 0 unspecified atom stereocenters. The van der Waals surface area contributed by atoms with Gasteiger partial charge in [-0.2, -0.15) is 0 Å². The highest BCUT2D eigenvalue weighted by Crippen LogP contribution is 2.35. The molecule has 1 N–H and O–H groups in total. The Morgan fingerprint density at radius 3 is 2.74 bits per heavy atom. The first kappa shape index (κ1) is 14.0. The topological polar surface area (TPSA) is 63.6 Å². The number of aliphatic hydroxyl groups is 1. The lowest BCUT2D eigenvalue weighted by atomic mass is 9.82. The molecule has 0 bridgehead atoms. The van der Waals surface area contributed by atoms with Crippen LogP contribution in [0.25, 0.3) is 0 Å². The van der Waals surface area contributed by atoms with E-state index >= 15 is 0 Å². The van der Waals surface area contributed by atoms with Gasteiger partial charge in [-0.05, 0) is 25.8 Å². The lowest BCUT2D eigenvalue weighted by molar-refractivity contribution is -0.142. The van der Waals surface area contributed by atoms with Gasteiger partial charge in [-0.1, -0.05) is 19.1 Å². The molecule has 1 fully saturated rings. The zero-order valence-electron chi connectivity index (χ0n) is 11.4. The summed E-state index contributed by atoms with van der Waals surface area (Å²) in [5, 5.41) is 10.1.